The van der Waals surface area contributed by atoms with E-state index in [4.69, 9.17) is 21.1 Å². The van der Waals surface area contributed by atoms with Crippen molar-refractivity contribution in [1.29, 1.82) is 0 Å². The Morgan fingerprint density at radius 2 is 1.80 bits per heavy atom. The molecule has 2 heterocycles. The van der Waals surface area contributed by atoms with Crippen molar-refractivity contribution >= 4 is 34.6 Å². The third kappa shape index (κ3) is 7.00. The first kappa shape index (κ1) is 24.6. The Kier molecular flexibility index (Phi) is 8.28. The van der Waals surface area contributed by atoms with Crippen molar-refractivity contribution < 1.29 is 9.47 Å². The summed E-state index contributed by atoms with van der Waals surface area (Å²) in [6.07, 6.45) is 3.39. The Labute approximate surface area is 211 Å². The maximum absolute atomic E-state index is 6.49. The van der Waals surface area contributed by atoms with Gasteiger partial charge < -0.3 is 30.3 Å². The summed E-state index contributed by atoms with van der Waals surface area (Å²) in [4.78, 5) is 11.0. The number of allylic oxidation sites excluding steroid dienone is 1. The van der Waals surface area contributed by atoms with Crippen LogP contribution in [0.1, 0.15) is 18.4 Å². The quantitative estimate of drug-likeness (QED) is 0.418. The number of nitrogens with one attached hydrogen (secondary N) is 3. The first-order valence-corrected chi connectivity index (χ1v) is 11.9. The molecule has 35 heavy (non-hydrogen) atoms. The van der Waals surface area contributed by atoms with Crippen LogP contribution in [-0.2, 0) is 6.54 Å². The van der Waals surface area contributed by atoms with E-state index in [1.807, 2.05) is 36.4 Å². The van der Waals surface area contributed by atoms with Crippen molar-refractivity contribution in [2.75, 3.05) is 44.5 Å². The molecule has 8 nitrogen and oxygen atoms in total. The largest absolute Gasteiger partial charge is 0.493 e. The number of ether oxygens (including phenoxy) is 2. The predicted molar refractivity (Wildman–Crippen MR) is 141 cm³/mol. The van der Waals surface area contributed by atoms with E-state index >= 15 is 0 Å². The Morgan fingerprint density at radius 1 is 1.06 bits per heavy atom. The van der Waals surface area contributed by atoms with Gasteiger partial charge in [0.2, 0.25) is 0 Å². The Morgan fingerprint density at radius 3 is 2.57 bits per heavy atom. The molecule has 0 amide bonds. The van der Waals surface area contributed by atoms with Crippen molar-refractivity contribution in [2.45, 2.75) is 19.4 Å². The van der Waals surface area contributed by atoms with Crippen LogP contribution in [0.25, 0.3) is 0 Å². The molecule has 4 rings (SSSR count). The van der Waals surface area contributed by atoms with Crippen LogP contribution in [0.4, 0.5) is 23.0 Å². The third-order valence-electron chi connectivity index (χ3n) is 5.61. The van der Waals surface area contributed by atoms with Gasteiger partial charge in [-0.1, -0.05) is 18.2 Å². The van der Waals surface area contributed by atoms with Gasteiger partial charge in [0.05, 0.1) is 7.11 Å². The molecule has 0 spiro atoms. The van der Waals surface area contributed by atoms with Crippen LogP contribution in [0.5, 0.6) is 11.5 Å². The minimum atomic E-state index is 0.481. The summed E-state index contributed by atoms with van der Waals surface area (Å²) in [7, 11) is 3.73. The summed E-state index contributed by atoms with van der Waals surface area (Å²) < 4.78 is 11.5. The number of halogens is 1. The van der Waals surface area contributed by atoms with Gasteiger partial charge >= 0.3 is 0 Å². The molecule has 0 unspecified atom stereocenters. The molecule has 0 saturated carbocycles. The van der Waals surface area contributed by atoms with Crippen molar-refractivity contribution in [1.82, 2.24) is 20.2 Å². The third-order valence-corrected chi connectivity index (χ3v) is 5.98. The second-order valence-electron chi connectivity index (χ2n) is 8.43. The second kappa shape index (κ2) is 11.8. The lowest BCUT2D eigenvalue weighted by Gasteiger charge is -2.19. The summed E-state index contributed by atoms with van der Waals surface area (Å²) >= 11 is 6.49. The van der Waals surface area contributed by atoms with Gasteiger partial charge in [0.25, 0.3) is 0 Å². The Bertz CT molecular complexity index is 1170. The molecule has 1 aromatic heterocycles. The fourth-order valence-electron chi connectivity index (χ4n) is 3.84. The number of benzene rings is 2. The van der Waals surface area contributed by atoms with Gasteiger partial charge in [-0.25, -0.2) is 9.97 Å². The number of rotatable bonds is 1. The molecular formula is C26H31ClN6O2. The van der Waals surface area contributed by atoms with Gasteiger partial charge in [0.15, 0.2) is 11.5 Å². The highest BCUT2D eigenvalue weighted by Crippen LogP contribution is 2.32. The average molecular weight is 495 g/mol. The van der Waals surface area contributed by atoms with Crippen molar-refractivity contribution in [3.63, 3.8) is 0 Å². The SMILES string of the molecule is C=C1CCCN(C)Cc2cc(ccc2Cl)Nc2cc(ncn2)Nc2ccc(OC)c(c2)OCCN1. The van der Waals surface area contributed by atoms with Crippen LogP contribution in [-0.4, -0.2) is 48.7 Å². The van der Waals surface area contributed by atoms with Crippen LogP contribution < -0.4 is 25.4 Å². The topological polar surface area (TPSA) is 83.6 Å². The number of hydrogen-bond donors (Lipinski definition) is 3. The predicted octanol–water partition coefficient (Wildman–Crippen LogP) is 5.33. The van der Waals surface area contributed by atoms with Gasteiger partial charge in [-0.2, -0.15) is 0 Å². The molecule has 1 aliphatic rings. The number of aromatic nitrogens is 2. The first-order valence-electron chi connectivity index (χ1n) is 11.6. The van der Waals surface area contributed by atoms with E-state index in [1.165, 1.54) is 6.33 Å². The molecule has 0 saturated heterocycles. The summed E-state index contributed by atoms with van der Waals surface area (Å²) in [5, 5.41) is 10.8. The zero-order valence-corrected chi connectivity index (χ0v) is 20.9. The monoisotopic (exact) mass is 494 g/mol. The average Bonchev–Trinajstić information content (AvgIpc) is 2.84. The van der Waals surface area contributed by atoms with E-state index < -0.39 is 0 Å². The summed E-state index contributed by atoms with van der Waals surface area (Å²) in [5.74, 6) is 2.64. The minimum Gasteiger partial charge on any atom is -0.493 e. The maximum atomic E-state index is 6.49. The highest BCUT2D eigenvalue weighted by Gasteiger charge is 2.10. The standard InChI is InChI=1S/C26H31ClN6O2/c1-18-5-4-11-33(2)16-19-13-20(6-8-22(19)27)31-25-15-26(30-17-29-25)32-21-7-9-23(34-3)24(14-21)35-12-10-28-18/h6-9,13-15,17,28H,1,4-5,10-12,16H2,2-3H3,(H2,29,30,31,32). The molecule has 0 atom stereocenters. The normalized spacial score (nSPS) is 15.5. The van der Waals surface area contributed by atoms with E-state index in [2.05, 4.69) is 50.5 Å². The number of anilines is 4. The van der Waals surface area contributed by atoms with E-state index in [0.29, 0.717) is 36.3 Å². The van der Waals surface area contributed by atoms with E-state index in [-0.39, 0.29) is 0 Å². The highest BCUT2D eigenvalue weighted by molar-refractivity contribution is 6.31. The fraction of sp³-hybridized carbons (Fsp3) is 0.308. The number of fused-ring (bicyclic) bond motifs is 6. The number of hydrogen-bond acceptors (Lipinski definition) is 8. The maximum Gasteiger partial charge on any atom is 0.163 e. The summed E-state index contributed by atoms with van der Waals surface area (Å²) in [5.41, 5.74) is 3.78. The van der Waals surface area contributed by atoms with Crippen LogP contribution in [0.3, 0.4) is 0 Å². The minimum absolute atomic E-state index is 0.481. The molecule has 6 bridgehead atoms. The van der Waals surface area contributed by atoms with Gasteiger partial charge in [-0.05, 0) is 62.3 Å². The lowest BCUT2D eigenvalue weighted by molar-refractivity contribution is 0.294. The lowest BCUT2D eigenvalue weighted by atomic mass is 10.1. The molecule has 0 fully saturated rings. The molecule has 9 heteroatoms. The number of methoxy groups -OCH3 is 1. The zero-order valence-electron chi connectivity index (χ0n) is 20.1. The van der Waals surface area contributed by atoms with Gasteiger partial charge in [0.1, 0.15) is 24.6 Å². The molecule has 2 aromatic carbocycles. The second-order valence-corrected chi connectivity index (χ2v) is 8.84. The van der Waals surface area contributed by atoms with Crippen LogP contribution >= 0.6 is 11.6 Å². The summed E-state index contributed by atoms with van der Waals surface area (Å²) in [6.45, 7) is 6.95. The van der Waals surface area contributed by atoms with Gasteiger partial charge in [0, 0.05) is 47.3 Å². The molecule has 0 radical (unpaired) electrons. The van der Waals surface area contributed by atoms with Crippen molar-refractivity contribution in [3.05, 3.63) is 71.7 Å². The highest BCUT2D eigenvalue weighted by atomic mass is 35.5. The van der Waals surface area contributed by atoms with Crippen molar-refractivity contribution in [3.8, 4) is 11.5 Å². The van der Waals surface area contributed by atoms with Crippen LogP contribution in [0.15, 0.2) is 61.1 Å². The van der Waals surface area contributed by atoms with Crippen molar-refractivity contribution in [2.24, 2.45) is 0 Å². The van der Waals surface area contributed by atoms with Gasteiger partial charge in [-0.15, -0.1) is 0 Å². The molecule has 3 aromatic rings. The Hall–Kier alpha value is -3.49. The Balaban J connectivity index is 1.60. The summed E-state index contributed by atoms with van der Waals surface area (Å²) in [6, 6.07) is 13.4. The smallest absolute Gasteiger partial charge is 0.163 e. The molecule has 184 valence electrons. The van der Waals surface area contributed by atoms with E-state index in [1.54, 1.807) is 7.11 Å². The lowest BCUT2D eigenvalue weighted by Crippen LogP contribution is -2.22. The molecule has 1 aliphatic heterocycles. The van der Waals surface area contributed by atoms with Crippen LogP contribution in [0, 0.1) is 0 Å². The van der Waals surface area contributed by atoms with E-state index in [0.717, 1.165) is 53.6 Å². The first-order chi connectivity index (χ1) is 17.0. The molecule has 0 aliphatic carbocycles. The van der Waals surface area contributed by atoms with Crippen LogP contribution in [0.2, 0.25) is 5.02 Å². The molecule has 3 N–H and O–H groups in total. The fourth-order valence-corrected chi connectivity index (χ4v) is 4.02. The number of nitrogens with zero attached hydrogens (tertiary/aromatic N) is 3. The van der Waals surface area contributed by atoms with E-state index in [9.17, 15) is 0 Å². The van der Waals surface area contributed by atoms with Gasteiger partial charge in [-0.3, -0.25) is 0 Å². The molecular weight excluding hydrogens is 464 g/mol. The zero-order chi connectivity index (χ0) is 24.6.